The first-order chi connectivity index (χ1) is 12.0. The van der Waals surface area contributed by atoms with Crippen LogP contribution in [0.5, 0.6) is 0 Å². The molecule has 3 rings (SSSR count). The van der Waals surface area contributed by atoms with Gasteiger partial charge in [0.05, 0.1) is 25.6 Å². The second kappa shape index (κ2) is 7.75. The molecule has 2 N–H and O–H groups in total. The average molecular weight is 363 g/mol. The van der Waals surface area contributed by atoms with Gasteiger partial charge in [0, 0.05) is 13.1 Å². The van der Waals surface area contributed by atoms with E-state index in [9.17, 15) is 9.59 Å². The number of hydrogen-bond acceptors (Lipinski definition) is 7. The summed E-state index contributed by atoms with van der Waals surface area (Å²) in [6.45, 7) is 5.83. The van der Waals surface area contributed by atoms with Crippen molar-refractivity contribution in [1.29, 1.82) is 0 Å². The molecule has 1 fully saturated rings. The average Bonchev–Trinajstić information content (AvgIpc) is 3.17. The molecule has 9 heteroatoms. The summed E-state index contributed by atoms with van der Waals surface area (Å²) in [5.74, 6) is 1.31. The number of piperazine rings is 1. The topological polar surface area (TPSA) is 100 Å². The van der Waals surface area contributed by atoms with E-state index in [0.29, 0.717) is 26.2 Å². The van der Waals surface area contributed by atoms with E-state index < -0.39 is 6.04 Å². The van der Waals surface area contributed by atoms with Gasteiger partial charge in [0.1, 0.15) is 21.5 Å². The Bertz CT molecular complexity index is 757. The summed E-state index contributed by atoms with van der Waals surface area (Å²) >= 11 is 1.44. The summed E-state index contributed by atoms with van der Waals surface area (Å²) < 4.78 is 5.59. The number of nitrogens with one attached hydrogen (secondary N) is 2. The predicted molar refractivity (Wildman–Crippen MR) is 91.8 cm³/mol. The van der Waals surface area contributed by atoms with Crippen LogP contribution in [-0.4, -0.2) is 46.0 Å². The summed E-state index contributed by atoms with van der Waals surface area (Å²) in [4.78, 5) is 26.5. The zero-order valence-electron chi connectivity index (χ0n) is 14.2. The van der Waals surface area contributed by atoms with E-state index in [1.807, 2.05) is 30.9 Å². The van der Waals surface area contributed by atoms with Crippen LogP contribution in [-0.2, 0) is 22.7 Å². The van der Waals surface area contributed by atoms with E-state index in [0.717, 1.165) is 21.5 Å². The van der Waals surface area contributed by atoms with Gasteiger partial charge in [-0.25, -0.2) is 0 Å². The van der Waals surface area contributed by atoms with Crippen LogP contribution >= 0.6 is 11.3 Å². The molecule has 0 radical (unpaired) electrons. The fourth-order valence-electron chi connectivity index (χ4n) is 2.77. The van der Waals surface area contributed by atoms with Crippen LogP contribution in [0.25, 0.3) is 0 Å². The molecule has 8 nitrogen and oxygen atoms in total. The maximum absolute atomic E-state index is 12.3. The van der Waals surface area contributed by atoms with Crippen LogP contribution in [0.1, 0.15) is 28.0 Å². The van der Waals surface area contributed by atoms with Crippen molar-refractivity contribution in [3.05, 3.63) is 33.7 Å². The number of nitrogens with zero attached hydrogens (tertiary/aromatic N) is 3. The highest BCUT2D eigenvalue weighted by Gasteiger charge is 2.32. The van der Waals surface area contributed by atoms with Crippen LogP contribution in [0.15, 0.2) is 16.5 Å². The molecule has 25 heavy (non-hydrogen) atoms. The van der Waals surface area contributed by atoms with Crippen molar-refractivity contribution in [2.24, 2.45) is 0 Å². The van der Waals surface area contributed by atoms with E-state index in [-0.39, 0.29) is 18.2 Å². The smallest absolute Gasteiger partial charge is 0.237 e. The molecule has 2 amide bonds. The van der Waals surface area contributed by atoms with Crippen LogP contribution in [0.4, 0.5) is 0 Å². The fourth-order valence-corrected chi connectivity index (χ4v) is 3.42. The van der Waals surface area contributed by atoms with Gasteiger partial charge in [-0.3, -0.25) is 14.5 Å². The molecule has 0 bridgehead atoms. The Morgan fingerprint density at radius 3 is 2.96 bits per heavy atom. The van der Waals surface area contributed by atoms with E-state index in [4.69, 9.17) is 4.42 Å². The quantitative estimate of drug-likeness (QED) is 0.786. The molecule has 1 atom stereocenters. The van der Waals surface area contributed by atoms with Gasteiger partial charge in [-0.1, -0.05) is 11.3 Å². The SMILES string of the molecule is Cc1ccc(CN2CCNC(=O)[C@H]2CC(=O)NCc2nnc(C)s2)o1. The first kappa shape index (κ1) is 17.6. The molecule has 1 aliphatic heterocycles. The van der Waals surface area contributed by atoms with E-state index >= 15 is 0 Å². The maximum Gasteiger partial charge on any atom is 0.237 e. The fraction of sp³-hybridized carbons (Fsp3) is 0.500. The predicted octanol–water partition coefficient (Wildman–Crippen LogP) is 0.755. The second-order valence-corrected chi connectivity index (χ2v) is 7.25. The Labute approximate surface area is 149 Å². The van der Waals surface area contributed by atoms with Crippen LogP contribution in [0, 0.1) is 13.8 Å². The summed E-state index contributed by atoms with van der Waals surface area (Å²) in [7, 11) is 0. The molecular formula is C16H21N5O3S. The standard InChI is InChI=1S/C16H21N5O3S/c1-10-3-4-12(24-10)9-21-6-5-17-16(23)13(21)7-14(22)18-8-15-20-19-11(2)25-15/h3-4,13H,5-9H2,1-2H3,(H,17,23)(H,18,22)/t13-/m1/s1. The van der Waals surface area contributed by atoms with Crippen molar-refractivity contribution >= 4 is 23.2 Å². The number of aromatic nitrogens is 2. The number of aryl methyl sites for hydroxylation is 2. The Balaban J connectivity index is 1.58. The molecule has 1 aliphatic rings. The van der Waals surface area contributed by atoms with Crippen LogP contribution in [0.3, 0.4) is 0 Å². The third-order valence-corrected chi connectivity index (χ3v) is 4.82. The van der Waals surface area contributed by atoms with Crippen molar-refractivity contribution in [2.45, 2.75) is 39.4 Å². The molecule has 3 heterocycles. The zero-order valence-corrected chi connectivity index (χ0v) is 15.1. The molecule has 0 aliphatic carbocycles. The van der Waals surface area contributed by atoms with Gasteiger partial charge in [0.25, 0.3) is 0 Å². The first-order valence-corrected chi connectivity index (χ1v) is 8.95. The maximum atomic E-state index is 12.3. The van der Waals surface area contributed by atoms with Gasteiger partial charge in [-0.15, -0.1) is 10.2 Å². The highest BCUT2D eigenvalue weighted by Crippen LogP contribution is 2.16. The number of carbonyl (C=O) groups is 2. The van der Waals surface area contributed by atoms with E-state index in [1.165, 1.54) is 11.3 Å². The Hall–Kier alpha value is -2.26. The van der Waals surface area contributed by atoms with Crippen molar-refractivity contribution in [2.75, 3.05) is 13.1 Å². The van der Waals surface area contributed by atoms with Gasteiger partial charge < -0.3 is 15.1 Å². The number of amides is 2. The molecule has 2 aromatic rings. The number of furan rings is 1. The van der Waals surface area contributed by atoms with Gasteiger partial charge in [-0.05, 0) is 26.0 Å². The lowest BCUT2D eigenvalue weighted by Crippen LogP contribution is -2.56. The summed E-state index contributed by atoms with van der Waals surface area (Å²) in [6.07, 6.45) is 0.101. The lowest BCUT2D eigenvalue weighted by molar-refractivity contribution is -0.134. The third-order valence-electron chi connectivity index (χ3n) is 3.98. The largest absolute Gasteiger partial charge is 0.465 e. The second-order valence-electron chi connectivity index (χ2n) is 5.99. The molecule has 0 aromatic carbocycles. The van der Waals surface area contributed by atoms with Crippen molar-refractivity contribution in [3.8, 4) is 0 Å². The highest BCUT2D eigenvalue weighted by atomic mass is 32.1. The number of hydrogen-bond donors (Lipinski definition) is 2. The van der Waals surface area contributed by atoms with Gasteiger partial charge in [0.2, 0.25) is 11.8 Å². The number of rotatable bonds is 6. The van der Waals surface area contributed by atoms with Gasteiger partial charge >= 0.3 is 0 Å². The molecule has 0 saturated carbocycles. The van der Waals surface area contributed by atoms with Crippen molar-refractivity contribution in [1.82, 2.24) is 25.7 Å². The van der Waals surface area contributed by atoms with E-state index in [2.05, 4.69) is 20.8 Å². The Morgan fingerprint density at radius 2 is 2.28 bits per heavy atom. The molecule has 0 spiro atoms. The highest BCUT2D eigenvalue weighted by molar-refractivity contribution is 7.11. The molecule has 2 aromatic heterocycles. The zero-order chi connectivity index (χ0) is 17.8. The first-order valence-electron chi connectivity index (χ1n) is 8.14. The lowest BCUT2D eigenvalue weighted by Gasteiger charge is -2.34. The molecule has 134 valence electrons. The summed E-state index contributed by atoms with van der Waals surface area (Å²) in [6, 6.07) is 3.29. The number of carbonyl (C=O) groups excluding carboxylic acids is 2. The Kier molecular flexibility index (Phi) is 5.44. The third kappa shape index (κ3) is 4.64. The van der Waals surface area contributed by atoms with E-state index in [1.54, 1.807) is 0 Å². The normalized spacial score (nSPS) is 18.2. The molecule has 0 unspecified atom stereocenters. The molecular weight excluding hydrogens is 342 g/mol. The molecule has 1 saturated heterocycles. The van der Waals surface area contributed by atoms with Gasteiger partial charge in [-0.2, -0.15) is 0 Å². The van der Waals surface area contributed by atoms with Crippen LogP contribution < -0.4 is 10.6 Å². The minimum absolute atomic E-state index is 0.101. The van der Waals surface area contributed by atoms with Crippen molar-refractivity contribution < 1.29 is 14.0 Å². The lowest BCUT2D eigenvalue weighted by atomic mass is 10.1. The minimum Gasteiger partial charge on any atom is -0.465 e. The van der Waals surface area contributed by atoms with Crippen LogP contribution in [0.2, 0.25) is 0 Å². The van der Waals surface area contributed by atoms with Crippen molar-refractivity contribution in [3.63, 3.8) is 0 Å². The summed E-state index contributed by atoms with van der Waals surface area (Å²) in [5, 5.41) is 15.1. The van der Waals surface area contributed by atoms with Gasteiger partial charge in [0.15, 0.2) is 0 Å². The monoisotopic (exact) mass is 363 g/mol. The minimum atomic E-state index is -0.504. The Morgan fingerprint density at radius 1 is 1.44 bits per heavy atom. The summed E-state index contributed by atoms with van der Waals surface area (Å²) in [5.41, 5.74) is 0.